The second-order valence-electron chi connectivity index (χ2n) is 7.13. The van der Waals surface area contributed by atoms with Crippen LogP contribution in [0, 0.1) is 24.2 Å². The first-order valence-corrected chi connectivity index (χ1v) is 9.00. The first-order valence-electron chi connectivity index (χ1n) is 9.00. The zero-order valence-corrected chi connectivity index (χ0v) is 14.6. The molecule has 25 heavy (non-hydrogen) atoms. The lowest BCUT2D eigenvalue weighted by Crippen LogP contribution is -2.48. The predicted molar refractivity (Wildman–Crippen MR) is 97.1 cm³/mol. The van der Waals surface area contributed by atoms with E-state index in [4.69, 9.17) is 5.26 Å². The Balaban J connectivity index is 1.47. The molecule has 2 aromatic rings. The number of nitrogens with zero attached hydrogens (tertiary/aromatic N) is 5. The van der Waals surface area contributed by atoms with Crippen molar-refractivity contribution in [3.05, 3.63) is 53.3 Å². The van der Waals surface area contributed by atoms with Crippen LogP contribution in [0.25, 0.3) is 0 Å². The number of aromatic nitrogens is 2. The van der Waals surface area contributed by atoms with Crippen molar-refractivity contribution < 1.29 is 0 Å². The maximum atomic E-state index is 8.95. The lowest BCUT2D eigenvalue weighted by molar-refractivity contribution is 0.200. The average molecular weight is 333 g/mol. The fraction of sp³-hybridized carbons (Fsp3) is 0.450. The number of hydrogen-bond donors (Lipinski definition) is 0. The summed E-state index contributed by atoms with van der Waals surface area (Å²) in [7, 11) is 0. The average Bonchev–Trinajstić information content (AvgIpc) is 3.04. The van der Waals surface area contributed by atoms with Crippen molar-refractivity contribution >= 4 is 5.95 Å². The number of rotatable bonds is 3. The highest BCUT2D eigenvalue weighted by atomic mass is 15.3. The molecule has 0 N–H and O–H groups in total. The standard InChI is InChI=1S/C20H23N5/c1-15-6-9-22-20(23-15)25-11-8-18-7-10-24(19(18)14-25)13-17-4-2-16(12-21)3-5-17/h2-6,9,18-19H,7-8,10-11,13-14H2,1H3. The zero-order valence-electron chi connectivity index (χ0n) is 14.6. The summed E-state index contributed by atoms with van der Waals surface area (Å²) in [6.45, 7) is 6.18. The third kappa shape index (κ3) is 3.35. The Kier molecular flexibility index (Phi) is 4.37. The van der Waals surface area contributed by atoms with Crippen molar-refractivity contribution in [3.8, 4) is 6.07 Å². The van der Waals surface area contributed by atoms with E-state index in [1.165, 1.54) is 18.4 Å². The number of aryl methyl sites for hydroxylation is 1. The molecule has 0 bridgehead atoms. The van der Waals surface area contributed by atoms with Gasteiger partial charge in [0, 0.05) is 37.6 Å². The predicted octanol–water partition coefficient (Wildman–Crippen LogP) is 2.76. The number of benzene rings is 1. The fourth-order valence-electron chi connectivity index (χ4n) is 4.11. The molecule has 0 aliphatic carbocycles. The second-order valence-corrected chi connectivity index (χ2v) is 7.13. The third-order valence-electron chi connectivity index (χ3n) is 5.51. The van der Waals surface area contributed by atoms with Crippen molar-refractivity contribution in [3.63, 3.8) is 0 Å². The van der Waals surface area contributed by atoms with Gasteiger partial charge in [-0.2, -0.15) is 5.26 Å². The molecule has 1 aromatic carbocycles. The Morgan fingerprint density at radius 3 is 2.72 bits per heavy atom. The molecule has 2 atom stereocenters. The van der Waals surface area contributed by atoms with Crippen LogP contribution < -0.4 is 4.90 Å². The SMILES string of the molecule is Cc1ccnc(N2CCC3CCN(Cc4ccc(C#N)cc4)C3C2)n1. The third-order valence-corrected chi connectivity index (χ3v) is 5.51. The number of hydrogen-bond acceptors (Lipinski definition) is 5. The Morgan fingerprint density at radius 1 is 1.16 bits per heavy atom. The first-order chi connectivity index (χ1) is 12.2. The molecule has 3 heterocycles. The molecule has 2 saturated heterocycles. The molecule has 2 aliphatic rings. The molecular formula is C20H23N5. The lowest BCUT2D eigenvalue weighted by atomic mass is 9.92. The van der Waals surface area contributed by atoms with Gasteiger partial charge in [0.1, 0.15) is 0 Å². The van der Waals surface area contributed by atoms with Crippen LogP contribution in [0.5, 0.6) is 0 Å². The molecule has 0 spiro atoms. The van der Waals surface area contributed by atoms with Gasteiger partial charge in [0.15, 0.2) is 0 Å². The highest BCUT2D eigenvalue weighted by Crippen LogP contribution is 2.33. The molecule has 0 amide bonds. The number of anilines is 1. The topological polar surface area (TPSA) is 56.1 Å². The van der Waals surface area contributed by atoms with Crippen molar-refractivity contribution in [1.29, 1.82) is 5.26 Å². The largest absolute Gasteiger partial charge is 0.339 e. The zero-order chi connectivity index (χ0) is 17.2. The quantitative estimate of drug-likeness (QED) is 0.864. The van der Waals surface area contributed by atoms with Crippen LogP contribution in [0.4, 0.5) is 5.95 Å². The molecule has 0 radical (unpaired) electrons. The van der Waals surface area contributed by atoms with Crippen LogP contribution in [0.2, 0.25) is 0 Å². The van der Waals surface area contributed by atoms with Crippen molar-refractivity contribution in [2.24, 2.45) is 5.92 Å². The lowest BCUT2D eigenvalue weighted by Gasteiger charge is -2.38. The van der Waals surface area contributed by atoms with Gasteiger partial charge < -0.3 is 4.90 Å². The minimum absolute atomic E-state index is 0.563. The van der Waals surface area contributed by atoms with Gasteiger partial charge in [0.25, 0.3) is 0 Å². The Bertz CT molecular complexity index is 779. The second kappa shape index (κ2) is 6.81. The van der Waals surface area contributed by atoms with E-state index in [-0.39, 0.29) is 0 Å². The molecule has 5 heteroatoms. The summed E-state index contributed by atoms with van der Waals surface area (Å²) in [6.07, 6.45) is 4.35. The molecule has 5 nitrogen and oxygen atoms in total. The summed E-state index contributed by atoms with van der Waals surface area (Å²) < 4.78 is 0. The van der Waals surface area contributed by atoms with E-state index in [1.807, 2.05) is 31.3 Å². The smallest absolute Gasteiger partial charge is 0.225 e. The first kappa shape index (κ1) is 16.0. The van der Waals surface area contributed by atoms with Crippen LogP contribution >= 0.6 is 0 Å². The van der Waals surface area contributed by atoms with E-state index >= 15 is 0 Å². The van der Waals surface area contributed by atoms with Gasteiger partial charge in [-0.1, -0.05) is 12.1 Å². The van der Waals surface area contributed by atoms with Crippen molar-refractivity contribution in [1.82, 2.24) is 14.9 Å². The number of fused-ring (bicyclic) bond motifs is 1. The van der Waals surface area contributed by atoms with Crippen LogP contribution in [0.1, 0.15) is 29.7 Å². The molecule has 2 unspecified atom stereocenters. The molecule has 4 rings (SSSR count). The summed E-state index contributed by atoms with van der Waals surface area (Å²) in [6, 6.07) is 12.7. The van der Waals surface area contributed by atoms with Crippen LogP contribution in [-0.2, 0) is 6.54 Å². The fourth-order valence-corrected chi connectivity index (χ4v) is 4.11. The van der Waals surface area contributed by atoms with E-state index in [0.717, 1.165) is 49.3 Å². The van der Waals surface area contributed by atoms with Gasteiger partial charge in [-0.3, -0.25) is 4.90 Å². The van der Waals surface area contributed by atoms with E-state index in [2.05, 4.69) is 38.0 Å². The summed E-state index contributed by atoms with van der Waals surface area (Å²) in [5.74, 6) is 1.64. The maximum Gasteiger partial charge on any atom is 0.225 e. The summed E-state index contributed by atoms with van der Waals surface area (Å²) in [5, 5.41) is 8.95. The summed E-state index contributed by atoms with van der Waals surface area (Å²) >= 11 is 0. The van der Waals surface area contributed by atoms with Gasteiger partial charge in [0.2, 0.25) is 5.95 Å². The summed E-state index contributed by atoms with van der Waals surface area (Å²) in [5.41, 5.74) is 3.03. The van der Waals surface area contributed by atoms with E-state index in [0.29, 0.717) is 6.04 Å². The molecule has 128 valence electrons. The van der Waals surface area contributed by atoms with Crippen LogP contribution in [-0.4, -0.2) is 40.5 Å². The molecule has 0 saturated carbocycles. The number of likely N-dealkylation sites (tertiary alicyclic amines) is 1. The van der Waals surface area contributed by atoms with Gasteiger partial charge >= 0.3 is 0 Å². The minimum Gasteiger partial charge on any atom is -0.339 e. The van der Waals surface area contributed by atoms with E-state index in [1.54, 1.807) is 0 Å². The monoisotopic (exact) mass is 333 g/mol. The minimum atomic E-state index is 0.563. The van der Waals surface area contributed by atoms with Crippen molar-refractivity contribution in [2.45, 2.75) is 32.4 Å². The Labute approximate surface area is 148 Å². The number of nitriles is 1. The molecule has 2 aliphatic heterocycles. The van der Waals surface area contributed by atoms with Crippen LogP contribution in [0.3, 0.4) is 0 Å². The Hall–Kier alpha value is -2.45. The highest BCUT2D eigenvalue weighted by molar-refractivity contribution is 5.33. The van der Waals surface area contributed by atoms with Gasteiger partial charge in [-0.25, -0.2) is 9.97 Å². The van der Waals surface area contributed by atoms with Gasteiger partial charge in [0.05, 0.1) is 11.6 Å². The summed E-state index contributed by atoms with van der Waals surface area (Å²) in [4.78, 5) is 14.0. The van der Waals surface area contributed by atoms with E-state index < -0.39 is 0 Å². The highest BCUT2D eigenvalue weighted by Gasteiger charge is 2.38. The molecule has 1 aromatic heterocycles. The van der Waals surface area contributed by atoms with Gasteiger partial charge in [-0.05, 0) is 56.0 Å². The number of piperidine rings is 1. The molecule has 2 fully saturated rings. The van der Waals surface area contributed by atoms with E-state index in [9.17, 15) is 0 Å². The Morgan fingerprint density at radius 2 is 1.96 bits per heavy atom. The maximum absolute atomic E-state index is 8.95. The molecular weight excluding hydrogens is 310 g/mol. The normalized spacial score (nSPS) is 23.3. The van der Waals surface area contributed by atoms with Crippen LogP contribution in [0.15, 0.2) is 36.5 Å². The van der Waals surface area contributed by atoms with Crippen molar-refractivity contribution in [2.75, 3.05) is 24.5 Å². The van der Waals surface area contributed by atoms with Gasteiger partial charge in [-0.15, -0.1) is 0 Å².